The van der Waals surface area contributed by atoms with Gasteiger partial charge in [0.2, 0.25) is 0 Å². The Morgan fingerprint density at radius 3 is 2.58 bits per heavy atom. The second kappa shape index (κ2) is 5.12. The minimum absolute atomic E-state index is 0.103. The Morgan fingerprint density at radius 1 is 0.875 bits per heavy atom. The van der Waals surface area contributed by atoms with Crippen LogP contribution < -0.4 is 5.32 Å². The molecular weight excluding hydrogens is 290 g/mol. The Morgan fingerprint density at radius 2 is 1.71 bits per heavy atom. The molecular formula is C23H27N. The van der Waals surface area contributed by atoms with Crippen LogP contribution in [0.25, 0.3) is 0 Å². The molecule has 1 spiro atoms. The zero-order valence-electron chi connectivity index (χ0n) is 14.6. The molecule has 2 aromatic rings. The predicted molar refractivity (Wildman–Crippen MR) is 100 cm³/mol. The molecule has 124 valence electrons. The van der Waals surface area contributed by atoms with Gasteiger partial charge in [-0.2, -0.15) is 0 Å². The van der Waals surface area contributed by atoms with Gasteiger partial charge in [0.1, 0.15) is 0 Å². The van der Waals surface area contributed by atoms with E-state index >= 15 is 0 Å². The molecule has 0 amide bonds. The van der Waals surface area contributed by atoms with Crippen molar-refractivity contribution in [3.63, 3.8) is 0 Å². The van der Waals surface area contributed by atoms with Gasteiger partial charge < -0.3 is 5.32 Å². The summed E-state index contributed by atoms with van der Waals surface area (Å²) in [6.45, 7) is 2.27. The number of para-hydroxylation sites is 1. The molecule has 1 heteroatoms. The highest BCUT2D eigenvalue weighted by Crippen LogP contribution is 2.66. The third-order valence-electron chi connectivity index (χ3n) is 7.29. The van der Waals surface area contributed by atoms with E-state index in [2.05, 4.69) is 60.8 Å². The molecule has 0 saturated heterocycles. The van der Waals surface area contributed by atoms with Crippen molar-refractivity contribution in [3.05, 3.63) is 65.2 Å². The van der Waals surface area contributed by atoms with Crippen LogP contribution in [0.1, 0.15) is 61.6 Å². The number of rotatable bonds is 1. The monoisotopic (exact) mass is 317 g/mol. The summed E-state index contributed by atoms with van der Waals surface area (Å²) < 4.78 is 0. The number of nitrogens with one attached hydrogen (secondary N) is 1. The summed E-state index contributed by atoms with van der Waals surface area (Å²) in [7, 11) is 0. The van der Waals surface area contributed by atoms with Crippen LogP contribution in [-0.4, -0.2) is 0 Å². The Kier molecular flexibility index (Phi) is 3.11. The topological polar surface area (TPSA) is 12.0 Å². The van der Waals surface area contributed by atoms with Crippen LogP contribution >= 0.6 is 0 Å². The number of anilines is 1. The fraction of sp³-hybridized carbons (Fsp3) is 0.478. The van der Waals surface area contributed by atoms with Gasteiger partial charge in [0.15, 0.2) is 0 Å². The first-order chi connectivity index (χ1) is 11.8. The molecule has 1 nitrogen and oxygen atoms in total. The standard InChI is InChI=1S/C23H27N/c1-17-9-7-14-20-21(17)24-23(19-11-3-2-4-12-19)16-8-13-18-10-5-6-15-22(18,20)23/h2-4,7,9,11-12,14,18,24H,5-6,8,10,13,15-16H2,1H3/t18-,22+,23+/m0/s1. The third kappa shape index (κ3) is 1.66. The Hall–Kier alpha value is -1.76. The van der Waals surface area contributed by atoms with Gasteiger partial charge in [-0.25, -0.2) is 0 Å². The molecule has 2 aliphatic carbocycles. The van der Waals surface area contributed by atoms with Crippen LogP contribution in [0.4, 0.5) is 5.69 Å². The van der Waals surface area contributed by atoms with Crippen molar-refractivity contribution in [2.24, 2.45) is 5.92 Å². The highest BCUT2D eigenvalue weighted by atomic mass is 15.1. The van der Waals surface area contributed by atoms with Crippen LogP contribution in [0.15, 0.2) is 48.5 Å². The molecule has 1 heterocycles. The summed E-state index contributed by atoms with van der Waals surface area (Å²) in [5.74, 6) is 0.829. The van der Waals surface area contributed by atoms with E-state index in [1.807, 2.05) is 0 Å². The van der Waals surface area contributed by atoms with Gasteiger partial charge in [-0.1, -0.05) is 67.8 Å². The lowest BCUT2D eigenvalue weighted by Crippen LogP contribution is -2.57. The minimum Gasteiger partial charge on any atom is -0.374 e. The molecule has 3 aliphatic rings. The third-order valence-corrected chi connectivity index (χ3v) is 7.29. The largest absolute Gasteiger partial charge is 0.374 e. The van der Waals surface area contributed by atoms with Gasteiger partial charge in [0.05, 0.1) is 5.54 Å². The maximum Gasteiger partial charge on any atom is 0.0725 e. The summed E-state index contributed by atoms with van der Waals surface area (Å²) >= 11 is 0. The molecule has 0 unspecified atom stereocenters. The first-order valence-corrected chi connectivity index (χ1v) is 9.72. The lowest BCUT2D eigenvalue weighted by molar-refractivity contribution is 0.0565. The SMILES string of the molecule is Cc1cccc2c1N[C@@]1(c3ccccc3)CCC[C@@H]3CCCC[C@]231. The maximum atomic E-state index is 4.12. The highest BCUT2D eigenvalue weighted by molar-refractivity contribution is 5.71. The van der Waals surface area contributed by atoms with Gasteiger partial charge in [-0.3, -0.25) is 0 Å². The van der Waals surface area contributed by atoms with E-state index in [1.165, 1.54) is 61.8 Å². The number of hydrogen-bond donors (Lipinski definition) is 1. The molecule has 0 bridgehead atoms. The highest BCUT2D eigenvalue weighted by Gasteiger charge is 2.63. The quantitative estimate of drug-likeness (QED) is 0.687. The van der Waals surface area contributed by atoms with Gasteiger partial charge in [-0.05, 0) is 55.2 Å². The lowest BCUT2D eigenvalue weighted by atomic mass is 9.48. The summed E-state index contributed by atoms with van der Waals surface area (Å²) in [6.07, 6.45) is 9.56. The molecule has 24 heavy (non-hydrogen) atoms. The van der Waals surface area contributed by atoms with Crippen molar-refractivity contribution < 1.29 is 0 Å². The number of hydrogen-bond acceptors (Lipinski definition) is 1. The van der Waals surface area contributed by atoms with Crippen molar-refractivity contribution in [2.45, 2.75) is 62.8 Å². The van der Waals surface area contributed by atoms with E-state index in [-0.39, 0.29) is 5.54 Å². The summed E-state index contributed by atoms with van der Waals surface area (Å²) in [5.41, 5.74) is 6.38. The Balaban J connectivity index is 1.81. The molecule has 1 N–H and O–H groups in total. The zero-order valence-corrected chi connectivity index (χ0v) is 14.6. The molecule has 2 saturated carbocycles. The maximum absolute atomic E-state index is 4.12. The van der Waals surface area contributed by atoms with Crippen molar-refractivity contribution in [1.29, 1.82) is 0 Å². The van der Waals surface area contributed by atoms with Gasteiger partial charge >= 0.3 is 0 Å². The zero-order chi connectivity index (χ0) is 16.2. The fourth-order valence-electron chi connectivity index (χ4n) is 6.41. The summed E-state index contributed by atoms with van der Waals surface area (Å²) in [4.78, 5) is 0. The first kappa shape index (κ1) is 14.6. The second-order valence-electron chi connectivity index (χ2n) is 8.20. The number of fused-ring (bicyclic) bond motifs is 1. The molecule has 1 aliphatic heterocycles. The molecule has 0 radical (unpaired) electrons. The van der Waals surface area contributed by atoms with Gasteiger partial charge in [0.25, 0.3) is 0 Å². The summed E-state index contributed by atoms with van der Waals surface area (Å²) in [5, 5.41) is 4.12. The van der Waals surface area contributed by atoms with Crippen LogP contribution in [-0.2, 0) is 11.0 Å². The molecule has 2 fully saturated rings. The summed E-state index contributed by atoms with van der Waals surface area (Å²) in [6, 6.07) is 18.3. The van der Waals surface area contributed by atoms with E-state index in [0.29, 0.717) is 5.41 Å². The molecule has 2 aromatic carbocycles. The Bertz CT molecular complexity index is 763. The number of aryl methyl sites for hydroxylation is 1. The van der Waals surface area contributed by atoms with Crippen LogP contribution in [0.2, 0.25) is 0 Å². The fourth-order valence-corrected chi connectivity index (χ4v) is 6.41. The minimum atomic E-state index is 0.103. The van der Waals surface area contributed by atoms with Crippen molar-refractivity contribution in [1.82, 2.24) is 0 Å². The van der Waals surface area contributed by atoms with Crippen LogP contribution in [0.5, 0.6) is 0 Å². The van der Waals surface area contributed by atoms with Crippen molar-refractivity contribution >= 4 is 5.69 Å². The molecule has 5 rings (SSSR count). The Labute approximate surface area is 145 Å². The van der Waals surface area contributed by atoms with Crippen LogP contribution in [0.3, 0.4) is 0 Å². The average Bonchev–Trinajstić information content (AvgIpc) is 2.94. The van der Waals surface area contributed by atoms with E-state index in [4.69, 9.17) is 0 Å². The van der Waals surface area contributed by atoms with Crippen molar-refractivity contribution in [2.75, 3.05) is 5.32 Å². The van der Waals surface area contributed by atoms with Gasteiger partial charge in [-0.15, -0.1) is 0 Å². The normalized spacial score (nSPS) is 34.0. The predicted octanol–water partition coefficient (Wildman–Crippen LogP) is 5.93. The molecule has 3 atom stereocenters. The van der Waals surface area contributed by atoms with Gasteiger partial charge in [0, 0.05) is 11.1 Å². The molecule has 0 aromatic heterocycles. The smallest absolute Gasteiger partial charge is 0.0725 e. The second-order valence-corrected chi connectivity index (χ2v) is 8.20. The van der Waals surface area contributed by atoms with E-state index in [9.17, 15) is 0 Å². The van der Waals surface area contributed by atoms with E-state index in [0.717, 1.165) is 5.92 Å². The van der Waals surface area contributed by atoms with Crippen LogP contribution in [0, 0.1) is 12.8 Å². The van der Waals surface area contributed by atoms with E-state index < -0.39 is 0 Å². The average molecular weight is 317 g/mol. The lowest BCUT2D eigenvalue weighted by Gasteiger charge is -2.57. The van der Waals surface area contributed by atoms with E-state index in [1.54, 1.807) is 5.56 Å². The first-order valence-electron chi connectivity index (χ1n) is 9.72. The number of benzene rings is 2. The van der Waals surface area contributed by atoms with Crippen molar-refractivity contribution in [3.8, 4) is 0 Å².